The molecule has 5 heteroatoms. The van der Waals surface area contributed by atoms with Crippen LogP contribution in [-0.2, 0) is 9.59 Å². The van der Waals surface area contributed by atoms with E-state index in [2.05, 4.69) is 11.4 Å². The Kier molecular flexibility index (Phi) is 7.08. The van der Waals surface area contributed by atoms with Crippen molar-refractivity contribution in [2.45, 2.75) is 32.1 Å². The van der Waals surface area contributed by atoms with Gasteiger partial charge in [0.25, 0.3) is 5.91 Å². The van der Waals surface area contributed by atoms with Gasteiger partial charge in [-0.15, -0.1) is 0 Å². The van der Waals surface area contributed by atoms with Crippen molar-refractivity contribution in [3.8, 4) is 5.75 Å². The van der Waals surface area contributed by atoms with Crippen LogP contribution in [0.15, 0.2) is 42.0 Å². The Morgan fingerprint density at radius 1 is 1.21 bits per heavy atom. The summed E-state index contributed by atoms with van der Waals surface area (Å²) in [6.45, 7) is 0.531. The number of ether oxygens (including phenoxy) is 1. The fourth-order valence-electron chi connectivity index (χ4n) is 2.54. The molecule has 0 radical (unpaired) electrons. The van der Waals surface area contributed by atoms with Crippen LogP contribution in [0.2, 0.25) is 0 Å². The van der Waals surface area contributed by atoms with E-state index in [1.807, 2.05) is 12.1 Å². The van der Waals surface area contributed by atoms with Gasteiger partial charge in [0, 0.05) is 12.6 Å². The molecule has 2 amide bonds. The lowest BCUT2D eigenvalue weighted by atomic mass is 9.97. The van der Waals surface area contributed by atoms with E-state index in [0.717, 1.165) is 18.4 Å². The normalized spacial score (nSPS) is 14.2. The molecule has 0 atom stereocenters. The smallest absolute Gasteiger partial charge is 0.255 e. The summed E-state index contributed by atoms with van der Waals surface area (Å²) < 4.78 is 5.18. The van der Waals surface area contributed by atoms with Gasteiger partial charge in [-0.2, -0.15) is 0 Å². The number of carbonyl (C=O) groups is 2. The third-order valence-corrected chi connectivity index (χ3v) is 3.82. The molecule has 0 fully saturated rings. The summed E-state index contributed by atoms with van der Waals surface area (Å²) in [6, 6.07) is 7.09. The second kappa shape index (κ2) is 9.55. The van der Waals surface area contributed by atoms with Gasteiger partial charge in [0.15, 0.2) is 6.61 Å². The van der Waals surface area contributed by atoms with Gasteiger partial charge >= 0.3 is 0 Å². The Morgan fingerprint density at radius 2 is 2.00 bits per heavy atom. The van der Waals surface area contributed by atoms with Crippen molar-refractivity contribution in [3.63, 3.8) is 0 Å². The Morgan fingerprint density at radius 3 is 2.67 bits per heavy atom. The Hall–Kier alpha value is -2.56. The molecule has 0 aromatic heterocycles. The molecule has 1 aromatic rings. The van der Waals surface area contributed by atoms with Crippen LogP contribution in [-0.4, -0.2) is 25.0 Å². The number of primary amides is 1. The van der Waals surface area contributed by atoms with Crippen LogP contribution in [0.25, 0.3) is 6.08 Å². The van der Waals surface area contributed by atoms with Gasteiger partial charge in [0.05, 0.1) is 0 Å². The maximum Gasteiger partial charge on any atom is 0.255 e. The molecule has 0 saturated carbocycles. The van der Waals surface area contributed by atoms with Crippen molar-refractivity contribution in [1.82, 2.24) is 5.32 Å². The average molecular weight is 328 g/mol. The van der Waals surface area contributed by atoms with E-state index in [-0.39, 0.29) is 12.5 Å². The van der Waals surface area contributed by atoms with Crippen molar-refractivity contribution in [1.29, 1.82) is 0 Å². The molecule has 0 bridgehead atoms. The standard InChI is InChI=1S/C19H24N2O3/c20-18(22)14-24-17-9-6-16(7-10-17)8-11-19(23)21-13-12-15-4-2-1-3-5-15/h4,6-11H,1-3,5,12-14H2,(H2,20,22)(H,21,23)/b11-8+. The molecule has 2 rings (SSSR count). The summed E-state index contributed by atoms with van der Waals surface area (Å²) in [6.07, 6.45) is 11.4. The molecule has 128 valence electrons. The van der Waals surface area contributed by atoms with Gasteiger partial charge in [-0.05, 0) is 55.9 Å². The molecule has 0 heterocycles. The number of hydrogen-bond acceptors (Lipinski definition) is 3. The maximum absolute atomic E-state index is 11.8. The van der Waals surface area contributed by atoms with Crippen LogP contribution in [0.5, 0.6) is 5.75 Å². The quantitative estimate of drug-likeness (QED) is 0.568. The minimum absolute atomic E-state index is 0.0968. The van der Waals surface area contributed by atoms with E-state index < -0.39 is 5.91 Å². The largest absolute Gasteiger partial charge is 0.484 e. The SMILES string of the molecule is NC(=O)COc1ccc(/C=C/C(=O)NCCC2=CCCCC2)cc1. The number of rotatable bonds is 8. The Bertz CT molecular complexity index is 618. The molecule has 1 aliphatic carbocycles. The number of hydrogen-bond donors (Lipinski definition) is 2. The third-order valence-electron chi connectivity index (χ3n) is 3.82. The molecule has 1 aromatic carbocycles. The highest BCUT2D eigenvalue weighted by Crippen LogP contribution is 2.19. The highest BCUT2D eigenvalue weighted by Gasteiger charge is 2.04. The van der Waals surface area contributed by atoms with E-state index in [1.54, 1.807) is 18.2 Å². The fraction of sp³-hybridized carbons (Fsp3) is 0.368. The highest BCUT2D eigenvalue weighted by molar-refractivity contribution is 5.91. The fourth-order valence-corrected chi connectivity index (χ4v) is 2.54. The number of nitrogens with two attached hydrogens (primary N) is 1. The first-order valence-electron chi connectivity index (χ1n) is 8.28. The van der Waals surface area contributed by atoms with E-state index >= 15 is 0 Å². The maximum atomic E-state index is 11.8. The number of amides is 2. The zero-order valence-corrected chi connectivity index (χ0v) is 13.8. The van der Waals surface area contributed by atoms with Crippen molar-refractivity contribution < 1.29 is 14.3 Å². The summed E-state index contributed by atoms with van der Waals surface area (Å²) in [5.74, 6) is -0.0451. The molecular formula is C19H24N2O3. The summed E-state index contributed by atoms with van der Waals surface area (Å²) >= 11 is 0. The lowest BCUT2D eigenvalue weighted by Gasteiger charge is -2.12. The van der Waals surface area contributed by atoms with Gasteiger partial charge in [-0.3, -0.25) is 9.59 Å². The summed E-state index contributed by atoms with van der Waals surface area (Å²) in [5, 5.41) is 2.90. The Balaban J connectivity index is 1.72. The number of carbonyl (C=O) groups excluding carboxylic acids is 2. The van der Waals surface area contributed by atoms with Crippen molar-refractivity contribution in [2.24, 2.45) is 5.73 Å². The second-order valence-electron chi connectivity index (χ2n) is 5.81. The number of allylic oxidation sites excluding steroid dienone is 1. The molecule has 3 N–H and O–H groups in total. The predicted octanol–water partition coefficient (Wildman–Crippen LogP) is 2.57. The lowest BCUT2D eigenvalue weighted by Crippen LogP contribution is -2.22. The summed E-state index contributed by atoms with van der Waals surface area (Å²) in [7, 11) is 0. The van der Waals surface area contributed by atoms with Crippen molar-refractivity contribution in [3.05, 3.63) is 47.6 Å². The molecule has 0 aliphatic heterocycles. The first kappa shape index (κ1) is 17.8. The first-order chi connectivity index (χ1) is 11.6. The van der Waals surface area contributed by atoms with Crippen LogP contribution < -0.4 is 15.8 Å². The summed E-state index contributed by atoms with van der Waals surface area (Å²) in [5.41, 5.74) is 7.35. The minimum Gasteiger partial charge on any atom is -0.484 e. The van der Waals surface area contributed by atoms with Crippen molar-refractivity contribution in [2.75, 3.05) is 13.2 Å². The summed E-state index contributed by atoms with van der Waals surface area (Å²) in [4.78, 5) is 22.5. The molecule has 0 saturated heterocycles. The molecule has 0 unspecified atom stereocenters. The van der Waals surface area contributed by atoms with E-state index in [0.29, 0.717) is 12.3 Å². The van der Waals surface area contributed by atoms with Gasteiger partial charge in [-0.25, -0.2) is 0 Å². The zero-order valence-electron chi connectivity index (χ0n) is 13.8. The van der Waals surface area contributed by atoms with Gasteiger partial charge < -0.3 is 15.8 Å². The molecular weight excluding hydrogens is 304 g/mol. The third kappa shape index (κ3) is 6.69. The van der Waals surface area contributed by atoms with Crippen LogP contribution in [0, 0.1) is 0 Å². The van der Waals surface area contributed by atoms with E-state index in [1.165, 1.54) is 30.9 Å². The van der Waals surface area contributed by atoms with Gasteiger partial charge in [0.2, 0.25) is 5.91 Å². The molecule has 1 aliphatic rings. The average Bonchev–Trinajstić information content (AvgIpc) is 2.60. The second-order valence-corrected chi connectivity index (χ2v) is 5.81. The van der Waals surface area contributed by atoms with Crippen LogP contribution in [0.1, 0.15) is 37.7 Å². The van der Waals surface area contributed by atoms with Crippen LogP contribution in [0.4, 0.5) is 0 Å². The topological polar surface area (TPSA) is 81.4 Å². The minimum atomic E-state index is -0.514. The zero-order chi connectivity index (χ0) is 17.2. The van der Waals surface area contributed by atoms with Gasteiger partial charge in [-0.1, -0.05) is 23.8 Å². The van der Waals surface area contributed by atoms with Crippen LogP contribution >= 0.6 is 0 Å². The van der Waals surface area contributed by atoms with E-state index in [4.69, 9.17) is 10.5 Å². The molecule has 0 spiro atoms. The number of nitrogens with one attached hydrogen (secondary N) is 1. The Labute approximate surface area is 142 Å². The highest BCUT2D eigenvalue weighted by atomic mass is 16.5. The van der Waals surface area contributed by atoms with Gasteiger partial charge in [0.1, 0.15) is 5.75 Å². The molecule has 24 heavy (non-hydrogen) atoms. The lowest BCUT2D eigenvalue weighted by molar-refractivity contribution is -0.120. The number of benzene rings is 1. The monoisotopic (exact) mass is 328 g/mol. The van der Waals surface area contributed by atoms with E-state index in [9.17, 15) is 9.59 Å². The first-order valence-corrected chi connectivity index (χ1v) is 8.28. The van der Waals surface area contributed by atoms with Crippen molar-refractivity contribution >= 4 is 17.9 Å². The van der Waals surface area contributed by atoms with Crippen LogP contribution in [0.3, 0.4) is 0 Å². The predicted molar refractivity (Wildman–Crippen MR) is 94.3 cm³/mol. The molecule has 5 nitrogen and oxygen atoms in total.